The van der Waals surface area contributed by atoms with E-state index in [0.717, 1.165) is 16.3 Å². The van der Waals surface area contributed by atoms with Crippen LogP contribution in [0.25, 0.3) is 0 Å². The molecule has 0 radical (unpaired) electrons. The van der Waals surface area contributed by atoms with E-state index in [9.17, 15) is 9.90 Å². The summed E-state index contributed by atoms with van der Waals surface area (Å²) in [6.45, 7) is 5.85. The van der Waals surface area contributed by atoms with E-state index in [-0.39, 0.29) is 18.1 Å². The fourth-order valence-electron chi connectivity index (χ4n) is 2.29. The Bertz CT molecular complexity index is 612. The molecule has 0 aliphatic rings. The molecule has 0 saturated carbocycles. The zero-order valence-electron chi connectivity index (χ0n) is 13.6. The van der Waals surface area contributed by atoms with Crippen molar-refractivity contribution in [1.29, 1.82) is 0 Å². The second-order valence-corrected chi connectivity index (χ2v) is 6.82. The Morgan fingerprint density at radius 3 is 2.83 bits per heavy atom. The molecule has 2 heterocycles. The minimum absolute atomic E-state index is 0.101. The number of hydrogen-bond donors (Lipinski definition) is 3. The molecule has 0 fully saturated rings. The first kappa shape index (κ1) is 17.5. The molecule has 0 aliphatic carbocycles. The van der Waals surface area contributed by atoms with E-state index >= 15 is 0 Å². The number of furan rings is 1. The van der Waals surface area contributed by atoms with E-state index in [4.69, 9.17) is 4.42 Å². The third kappa shape index (κ3) is 5.07. The number of amides is 2. The summed E-state index contributed by atoms with van der Waals surface area (Å²) in [4.78, 5) is 17.6. The van der Waals surface area contributed by atoms with Crippen LogP contribution in [0.1, 0.15) is 54.5 Å². The molecule has 6 nitrogen and oxygen atoms in total. The summed E-state index contributed by atoms with van der Waals surface area (Å²) >= 11 is 1.58. The molecule has 0 spiro atoms. The van der Waals surface area contributed by atoms with Crippen molar-refractivity contribution >= 4 is 17.4 Å². The topological polar surface area (TPSA) is 87.4 Å². The molecule has 2 rings (SSSR count). The molecule has 3 atom stereocenters. The minimum Gasteiger partial charge on any atom is -0.467 e. The van der Waals surface area contributed by atoms with E-state index in [1.54, 1.807) is 23.5 Å². The van der Waals surface area contributed by atoms with Crippen molar-refractivity contribution in [3.63, 3.8) is 0 Å². The van der Waals surface area contributed by atoms with E-state index in [1.807, 2.05) is 27.0 Å². The van der Waals surface area contributed by atoms with Crippen molar-refractivity contribution in [1.82, 2.24) is 15.6 Å². The van der Waals surface area contributed by atoms with Crippen LogP contribution in [-0.4, -0.2) is 22.2 Å². The number of aliphatic hydroxyl groups is 1. The van der Waals surface area contributed by atoms with Crippen molar-refractivity contribution in [2.45, 2.75) is 51.8 Å². The predicted octanol–water partition coefficient (Wildman–Crippen LogP) is 3.31. The standard InChI is InChI=1S/C16H23N3O3S/c1-4-12(15-17-9-11(3)23-15)19-16(21)18-10(2)8-13(20)14-6-5-7-22-14/h5-7,9-10,12-13,20H,4,8H2,1-3H3,(H2,18,19,21). The van der Waals surface area contributed by atoms with Crippen LogP contribution in [0, 0.1) is 6.92 Å². The highest BCUT2D eigenvalue weighted by molar-refractivity contribution is 7.11. The number of urea groups is 1. The molecule has 0 aliphatic heterocycles. The Morgan fingerprint density at radius 1 is 1.48 bits per heavy atom. The van der Waals surface area contributed by atoms with Crippen LogP contribution in [0.4, 0.5) is 4.79 Å². The normalized spacial score (nSPS) is 15.0. The van der Waals surface area contributed by atoms with Gasteiger partial charge in [-0.3, -0.25) is 0 Å². The Balaban J connectivity index is 1.83. The lowest BCUT2D eigenvalue weighted by molar-refractivity contribution is 0.129. The number of hydrogen-bond acceptors (Lipinski definition) is 5. The third-order valence-electron chi connectivity index (χ3n) is 3.48. The molecule has 3 unspecified atom stereocenters. The van der Waals surface area contributed by atoms with Gasteiger partial charge in [0.2, 0.25) is 0 Å². The number of aromatic nitrogens is 1. The van der Waals surface area contributed by atoms with Crippen LogP contribution < -0.4 is 10.6 Å². The van der Waals surface area contributed by atoms with E-state index in [1.165, 1.54) is 6.26 Å². The molecule has 23 heavy (non-hydrogen) atoms. The number of rotatable bonds is 7. The Kier molecular flexibility index (Phi) is 6.18. The summed E-state index contributed by atoms with van der Waals surface area (Å²) in [5.41, 5.74) is 0. The highest BCUT2D eigenvalue weighted by Crippen LogP contribution is 2.22. The lowest BCUT2D eigenvalue weighted by atomic mass is 10.1. The monoisotopic (exact) mass is 337 g/mol. The third-order valence-corrected chi connectivity index (χ3v) is 4.50. The first-order chi connectivity index (χ1) is 11.0. The van der Waals surface area contributed by atoms with Crippen LogP contribution in [0.2, 0.25) is 0 Å². The smallest absolute Gasteiger partial charge is 0.315 e. The lowest BCUT2D eigenvalue weighted by Crippen LogP contribution is -2.42. The molecule has 0 bridgehead atoms. The number of nitrogens with zero attached hydrogens (tertiary/aromatic N) is 1. The summed E-state index contributed by atoms with van der Waals surface area (Å²) in [6, 6.07) is 2.89. The fourth-order valence-corrected chi connectivity index (χ4v) is 3.19. The van der Waals surface area contributed by atoms with Gasteiger partial charge in [-0.05, 0) is 32.4 Å². The minimum atomic E-state index is -0.733. The second kappa shape index (κ2) is 8.12. The highest BCUT2D eigenvalue weighted by Gasteiger charge is 2.19. The van der Waals surface area contributed by atoms with Crippen molar-refractivity contribution in [3.8, 4) is 0 Å². The number of carbonyl (C=O) groups excluding carboxylic acids is 1. The molecule has 0 saturated heterocycles. The number of carbonyl (C=O) groups is 1. The SMILES string of the molecule is CCC(NC(=O)NC(C)CC(O)c1ccco1)c1ncc(C)s1. The lowest BCUT2D eigenvalue weighted by Gasteiger charge is -2.20. The fraction of sp³-hybridized carbons (Fsp3) is 0.500. The van der Waals surface area contributed by atoms with Gasteiger partial charge >= 0.3 is 6.03 Å². The van der Waals surface area contributed by atoms with Crippen LogP contribution in [0.5, 0.6) is 0 Å². The maximum absolute atomic E-state index is 12.1. The van der Waals surface area contributed by atoms with E-state index in [0.29, 0.717) is 12.2 Å². The van der Waals surface area contributed by atoms with Crippen LogP contribution >= 0.6 is 11.3 Å². The highest BCUT2D eigenvalue weighted by atomic mass is 32.1. The van der Waals surface area contributed by atoms with Gasteiger partial charge in [0.05, 0.1) is 12.3 Å². The summed E-state index contributed by atoms with van der Waals surface area (Å²) in [7, 11) is 0. The van der Waals surface area contributed by atoms with Gasteiger partial charge in [-0.1, -0.05) is 6.92 Å². The maximum Gasteiger partial charge on any atom is 0.315 e. The maximum atomic E-state index is 12.1. The number of nitrogens with one attached hydrogen (secondary N) is 2. The van der Waals surface area contributed by atoms with Gasteiger partial charge in [0, 0.05) is 23.5 Å². The Hall–Kier alpha value is -1.86. The summed E-state index contributed by atoms with van der Waals surface area (Å²) in [5, 5.41) is 16.7. The van der Waals surface area contributed by atoms with Crippen LogP contribution in [0.15, 0.2) is 29.0 Å². The van der Waals surface area contributed by atoms with Gasteiger partial charge in [0.25, 0.3) is 0 Å². The van der Waals surface area contributed by atoms with E-state index < -0.39 is 6.10 Å². The van der Waals surface area contributed by atoms with Gasteiger partial charge in [-0.2, -0.15) is 0 Å². The zero-order chi connectivity index (χ0) is 16.8. The number of aryl methyl sites for hydroxylation is 1. The molecule has 7 heteroatoms. The van der Waals surface area contributed by atoms with Crippen LogP contribution in [-0.2, 0) is 0 Å². The number of aliphatic hydroxyl groups excluding tert-OH is 1. The van der Waals surface area contributed by atoms with Crippen molar-refractivity contribution < 1.29 is 14.3 Å². The van der Waals surface area contributed by atoms with Gasteiger partial charge in [-0.15, -0.1) is 11.3 Å². The molecule has 2 aromatic rings. The summed E-state index contributed by atoms with van der Waals surface area (Å²) < 4.78 is 5.16. The average Bonchev–Trinajstić information content (AvgIpc) is 3.15. The van der Waals surface area contributed by atoms with Crippen molar-refractivity contribution in [2.75, 3.05) is 0 Å². The molecule has 0 aromatic carbocycles. The van der Waals surface area contributed by atoms with E-state index in [2.05, 4.69) is 15.6 Å². The Labute approximate surface area is 139 Å². The largest absolute Gasteiger partial charge is 0.467 e. The first-order valence-corrected chi connectivity index (χ1v) is 8.52. The second-order valence-electron chi connectivity index (χ2n) is 5.56. The summed E-state index contributed by atoms with van der Waals surface area (Å²) in [5.74, 6) is 0.503. The molecule has 2 aromatic heterocycles. The van der Waals surface area contributed by atoms with Crippen LogP contribution in [0.3, 0.4) is 0 Å². The summed E-state index contributed by atoms with van der Waals surface area (Å²) in [6.07, 6.45) is 3.75. The molecular weight excluding hydrogens is 314 g/mol. The average molecular weight is 337 g/mol. The molecule has 3 N–H and O–H groups in total. The quantitative estimate of drug-likeness (QED) is 0.723. The Morgan fingerprint density at radius 2 is 2.26 bits per heavy atom. The van der Waals surface area contributed by atoms with Gasteiger partial charge in [0.15, 0.2) is 0 Å². The predicted molar refractivity (Wildman–Crippen MR) is 89.3 cm³/mol. The molecule has 126 valence electrons. The molecule has 2 amide bonds. The first-order valence-electron chi connectivity index (χ1n) is 7.70. The molecular formula is C16H23N3O3S. The number of thiazole rings is 1. The van der Waals surface area contributed by atoms with Crippen molar-refractivity contribution in [2.24, 2.45) is 0 Å². The van der Waals surface area contributed by atoms with Gasteiger partial charge in [-0.25, -0.2) is 9.78 Å². The van der Waals surface area contributed by atoms with Gasteiger partial charge in [0.1, 0.15) is 16.9 Å². The zero-order valence-corrected chi connectivity index (χ0v) is 14.4. The van der Waals surface area contributed by atoms with Crippen molar-refractivity contribution in [3.05, 3.63) is 40.2 Å². The van der Waals surface area contributed by atoms with Gasteiger partial charge < -0.3 is 20.2 Å².